The number of nitrogens with zero attached hydrogens (tertiary/aromatic N) is 3. The minimum atomic E-state index is -0.0644. The topological polar surface area (TPSA) is 28.5 Å². The number of likely N-dealkylation sites (N-methyl/N-ethyl adjacent to an activating group) is 1. The van der Waals surface area contributed by atoms with Gasteiger partial charge < -0.3 is 14.4 Å². The highest BCUT2D eigenvalue weighted by molar-refractivity contribution is 5.84. The van der Waals surface area contributed by atoms with Crippen LogP contribution in [0, 0.1) is 6.07 Å². The first kappa shape index (κ1) is 13.9. The van der Waals surface area contributed by atoms with Crippen LogP contribution in [0.4, 0.5) is 5.69 Å². The van der Waals surface area contributed by atoms with E-state index in [2.05, 4.69) is 35.4 Å². The van der Waals surface area contributed by atoms with Crippen molar-refractivity contribution in [3.05, 3.63) is 47.3 Å². The van der Waals surface area contributed by atoms with E-state index in [4.69, 9.17) is 0 Å². The van der Waals surface area contributed by atoms with Crippen LogP contribution in [-0.4, -0.2) is 42.2 Å². The summed E-state index contributed by atoms with van der Waals surface area (Å²) in [5.41, 5.74) is 1.99. The Morgan fingerprint density at radius 3 is 2.71 bits per heavy atom. The van der Waals surface area contributed by atoms with Crippen molar-refractivity contribution in [2.45, 2.75) is 6.92 Å². The van der Waals surface area contributed by atoms with E-state index < -0.39 is 0 Å². The van der Waals surface area contributed by atoms with Gasteiger partial charge in [-0.25, -0.2) is 0 Å². The number of rotatable bonds is 3. The maximum Gasteiger partial charge on any atom is 0.197 e. The molecule has 1 aromatic carbocycles. The minimum absolute atomic E-state index is 0.0644. The molecule has 0 unspecified atom stereocenters. The summed E-state index contributed by atoms with van der Waals surface area (Å²) in [4.78, 5) is 16.7. The Labute approximate surface area is 124 Å². The van der Waals surface area contributed by atoms with E-state index in [1.54, 1.807) is 12.4 Å². The molecule has 0 saturated carbocycles. The summed E-state index contributed by atoms with van der Waals surface area (Å²) < 4.78 is 1.85. The third-order valence-corrected chi connectivity index (χ3v) is 4.22. The van der Waals surface area contributed by atoms with E-state index in [0.717, 1.165) is 38.2 Å². The Bertz CT molecular complexity index is 712. The molecule has 3 rings (SSSR count). The first-order chi connectivity index (χ1) is 10.2. The summed E-state index contributed by atoms with van der Waals surface area (Å²) in [5.74, 6) is 0. The number of aromatic nitrogens is 1. The van der Waals surface area contributed by atoms with Gasteiger partial charge in [0.05, 0.1) is 11.6 Å². The molecule has 0 N–H and O–H groups in total. The SMILES string of the molecule is C=Cn1c[c]c(=O)c2ccc(N3CCN(CC)CC3)cc21. The van der Waals surface area contributed by atoms with E-state index in [1.807, 2.05) is 16.7 Å². The summed E-state index contributed by atoms with van der Waals surface area (Å²) >= 11 is 0. The van der Waals surface area contributed by atoms with E-state index in [-0.39, 0.29) is 5.43 Å². The number of anilines is 1. The molecule has 0 atom stereocenters. The second-order valence-corrected chi connectivity index (χ2v) is 5.32. The van der Waals surface area contributed by atoms with Crippen LogP contribution in [-0.2, 0) is 0 Å². The number of benzene rings is 1. The quantitative estimate of drug-likeness (QED) is 0.862. The Balaban J connectivity index is 1.98. The highest BCUT2D eigenvalue weighted by Crippen LogP contribution is 2.21. The van der Waals surface area contributed by atoms with E-state index in [1.165, 1.54) is 5.69 Å². The molecule has 1 radical (unpaired) electrons. The van der Waals surface area contributed by atoms with Crippen LogP contribution in [0.15, 0.2) is 35.8 Å². The van der Waals surface area contributed by atoms with E-state index in [0.29, 0.717) is 5.39 Å². The molecule has 1 aromatic heterocycles. The van der Waals surface area contributed by atoms with Crippen molar-refractivity contribution < 1.29 is 0 Å². The van der Waals surface area contributed by atoms with Crippen LogP contribution < -0.4 is 10.3 Å². The maximum absolute atomic E-state index is 11.9. The molecule has 1 saturated heterocycles. The molecule has 4 heteroatoms. The van der Waals surface area contributed by atoms with E-state index in [9.17, 15) is 4.79 Å². The predicted molar refractivity (Wildman–Crippen MR) is 87.8 cm³/mol. The van der Waals surface area contributed by atoms with Gasteiger partial charge in [0.1, 0.15) is 0 Å². The molecule has 0 spiro atoms. The zero-order valence-electron chi connectivity index (χ0n) is 12.4. The molecule has 109 valence electrons. The summed E-state index contributed by atoms with van der Waals surface area (Å²) in [6.45, 7) is 11.3. The first-order valence-corrected chi connectivity index (χ1v) is 7.39. The van der Waals surface area contributed by atoms with Gasteiger partial charge in [0.15, 0.2) is 5.43 Å². The summed E-state index contributed by atoms with van der Waals surface area (Å²) in [5, 5.41) is 0.688. The van der Waals surface area contributed by atoms with Crippen molar-refractivity contribution in [1.82, 2.24) is 9.47 Å². The summed E-state index contributed by atoms with van der Waals surface area (Å²) in [6, 6.07) is 8.73. The van der Waals surface area contributed by atoms with Crippen LogP contribution >= 0.6 is 0 Å². The van der Waals surface area contributed by atoms with Crippen molar-refractivity contribution >= 4 is 22.8 Å². The van der Waals surface area contributed by atoms with Crippen LogP contribution in [0.3, 0.4) is 0 Å². The highest BCUT2D eigenvalue weighted by atomic mass is 16.1. The molecule has 1 aliphatic heterocycles. The Morgan fingerprint density at radius 2 is 2.05 bits per heavy atom. The lowest BCUT2D eigenvalue weighted by Crippen LogP contribution is -2.46. The molecule has 4 nitrogen and oxygen atoms in total. The summed E-state index contributed by atoms with van der Waals surface area (Å²) in [6.07, 6.45) is 3.35. The zero-order chi connectivity index (χ0) is 14.8. The number of piperazine rings is 1. The standard InChI is InChI=1S/C17H20N3O/c1-3-18-9-11-20(12-10-18)14-5-6-15-16(13-14)19(4-2)8-7-17(15)21/h4-6,8,13H,2-3,9-12H2,1H3. The lowest BCUT2D eigenvalue weighted by atomic mass is 10.1. The number of hydrogen-bond acceptors (Lipinski definition) is 3. The number of hydrogen-bond donors (Lipinski definition) is 0. The second-order valence-electron chi connectivity index (χ2n) is 5.32. The molecule has 2 aromatic rings. The molecule has 2 heterocycles. The molecular formula is C17H20N3O. The molecular weight excluding hydrogens is 262 g/mol. The molecule has 21 heavy (non-hydrogen) atoms. The summed E-state index contributed by atoms with van der Waals surface area (Å²) in [7, 11) is 0. The van der Waals surface area contributed by atoms with Gasteiger partial charge in [-0.2, -0.15) is 0 Å². The predicted octanol–water partition coefficient (Wildman–Crippen LogP) is 2.04. The fourth-order valence-electron chi connectivity index (χ4n) is 2.87. The lowest BCUT2D eigenvalue weighted by Gasteiger charge is -2.35. The average molecular weight is 282 g/mol. The Hall–Kier alpha value is -2.07. The van der Waals surface area contributed by atoms with Crippen LogP contribution in [0.5, 0.6) is 0 Å². The van der Waals surface area contributed by atoms with Crippen molar-refractivity contribution in [2.24, 2.45) is 0 Å². The minimum Gasteiger partial charge on any atom is -0.369 e. The van der Waals surface area contributed by atoms with Gasteiger partial charge in [0.25, 0.3) is 0 Å². The number of fused-ring (bicyclic) bond motifs is 1. The van der Waals surface area contributed by atoms with Gasteiger partial charge in [-0.1, -0.05) is 13.5 Å². The largest absolute Gasteiger partial charge is 0.369 e. The fraction of sp³-hybridized carbons (Fsp3) is 0.353. The number of pyridine rings is 1. The molecule has 0 bridgehead atoms. The van der Waals surface area contributed by atoms with Gasteiger partial charge in [0.2, 0.25) is 0 Å². The maximum atomic E-state index is 11.9. The van der Waals surface area contributed by atoms with Crippen molar-refractivity contribution in [1.29, 1.82) is 0 Å². The van der Waals surface area contributed by atoms with Gasteiger partial charge >= 0.3 is 0 Å². The van der Waals surface area contributed by atoms with Gasteiger partial charge in [-0.3, -0.25) is 4.79 Å². The van der Waals surface area contributed by atoms with Gasteiger partial charge in [-0.15, -0.1) is 0 Å². The fourth-order valence-corrected chi connectivity index (χ4v) is 2.87. The normalized spacial score (nSPS) is 16.3. The van der Waals surface area contributed by atoms with Crippen LogP contribution in [0.25, 0.3) is 17.1 Å². The average Bonchev–Trinajstić information content (AvgIpc) is 2.55. The second kappa shape index (κ2) is 5.74. The van der Waals surface area contributed by atoms with Crippen LogP contribution in [0.2, 0.25) is 0 Å². The molecule has 1 fully saturated rings. The third-order valence-electron chi connectivity index (χ3n) is 4.22. The molecule has 0 aliphatic carbocycles. The van der Waals surface area contributed by atoms with Crippen molar-refractivity contribution in [3.63, 3.8) is 0 Å². The van der Waals surface area contributed by atoms with Crippen molar-refractivity contribution in [2.75, 3.05) is 37.6 Å². The highest BCUT2D eigenvalue weighted by Gasteiger charge is 2.16. The Kier molecular flexibility index (Phi) is 3.80. The third kappa shape index (κ3) is 2.59. The first-order valence-electron chi connectivity index (χ1n) is 7.39. The lowest BCUT2D eigenvalue weighted by molar-refractivity contribution is 0.271. The molecule has 1 aliphatic rings. The van der Waals surface area contributed by atoms with Gasteiger partial charge in [0, 0.05) is 49.6 Å². The van der Waals surface area contributed by atoms with Gasteiger partial charge in [-0.05, 0) is 24.7 Å². The zero-order valence-corrected chi connectivity index (χ0v) is 12.4. The van der Waals surface area contributed by atoms with Crippen LogP contribution in [0.1, 0.15) is 6.92 Å². The smallest absolute Gasteiger partial charge is 0.197 e. The van der Waals surface area contributed by atoms with E-state index >= 15 is 0 Å². The Morgan fingerprint density at radius 1 is 1.29 bits per heavy atom. The molecule has 0 amide bonds. The monoisotopic (exact) mass is 282 g/mol. The van der Waals surface area contributed by atoms with Crippen molar-refractivity contribution in [3.8, 4) is 0 Å².